The number of hydrogen-bond donors (Lipinski definition) is 1. The van der Waals surface area contributed by atoms with Crippen LogP contribution in [-0.2, 0) is 4.79 Å². The number of ether oxygens (including phenoxy) is 2. The molecule has 0 amide bonds. The normalized spacial score (nSPS) is 16.4. The molecule has 0 fully saturated rings. The van der Waals surface area contributed by atoms with Crippen molar-refractivity contribution in [3.8, 4) is 11.5 Å². The third kappa shape index (κ3) is 5.38. The summed E-state index contributed by atoms with van der Waals surface area (Å²) in [7, 11) is 0. The summed E-state index contributed by atoms with van der Waals surface area (Å²) >= 11 is 0. The Morgan fingerprint density at radius 3 is 2.61 bits per heavy atom. The van der Waals surface area contributed by atoms with Gasteiger partial charge >= 0.3 is 5.97 Å². The number of benzene rings is 1. The molecule has 28 heavy (non-hydrogen) atoms. The summed E-state index contributed by atoms with van der Waals surface area (Å²) in [6, 6.07) is 4.11. The smallest absolute Gasteiger partial charge is 0.328 e. The highest BCUT2D eigenvalue weighted by atomic mass is 16.5. The van der Waals surface area contributed by atoms with Crippen LogP contribution in [0.5, 0.6) is 11.5 Å². The standard InChI is InChI=1S/C24H30O4/c1-7-18(11-9-10-16(3)12-23(25)26)20-13-19-17(4)15-24(5,6)28-22(19)14-21(20)27-8-2/h9-15H,7-8H2,1-6H3,(H,25,26)/b10-9+,16-12+,18-11-. The van der Waals surface area contributed by atoms with E-state index in [4.69, 9.17) is 14.6 Å². The van der Waals surface area contributed by atoms with Gasteiger partial charge < -0.3 is 14.6 Å². The molecule has 4 nitrogen and oxygen atoms in total. The number of hydrogen-bond acceptors (Lipinski definition) is 3. The van der Waals surface area contributed by atoms with Gasteiger partial charge in [-0.2, -0.15) is 0 Å². The second kappa shape index (κ2) is 8.96. The number of carboxylic acids is 1. The van der Waals surface area contributed by atoms with Crippen LogP contribution in [0.4, 0.5) is 0 Å². The number of rotatable bonds is 7. The molecule has 0 spiro atoms. The van der Waals surface area contributed by atoms with E-state index in [-0.39, 0.29) is 5.60 Å². The number of carbonyl (C=O) groups is 1. The molecular formula is C24H30O4. The first-order chi connectivity index (χ1) is 13.2. The molecule has 1 heterocycles. The molecule has 0 saturated heterocycles. The summed E-state index contributed by atoms with van der Waals surface area (Å²) in [4.78, 5) is 10.8. The Morgan fingerprint density at radius 2 is 2.00 bits per heavy atom. The fourth-order valence-electron chi connectivity index (χ4n) is 3.35. The lowest BCUT2D eigenvalue weighted by Gasteiger charge is -2.31. The zero-order valence-electron chi connectivity index (χ0n) is 17.6. The molecule has 1 aromatic rings. The minimum atomic E-state index is -0.944. The Bertz CT molecular complexity index is 867. The molecule has 1 aromatic carbocycles. The van der Waals surface area contributed by atoms with Crippen LogP contribution in [-0.4, -0.2) is 23.3 Å². The van der Waals surface area contributed by atoms with E-state index in [0.717, 1.165) is 34.6 Å². The molecule has 0 aliphatic carbocycles. The Labute approximate surface area is 167 Å². The summed E-state index contributed by atoms with van der Waals surface area (Å²) in [6.07, 6.45) is 9.82. The van der Waals surface area contributed by atoms with Gasteiger partial charge in [0.2, 0.25) is 0 Å². The quantitative estimate of drug-likeness (QED) is 0.461. The molecule has 0 saturated carbocycles. The van der Waals surface area contributed by atoms with Crippen molar-refractivity contribution in [2.24, 2.45) is 0 Å². The van der Waals surface area contributed by atoms with E-state index in [2.05, 4.69) is 26.0 Å². The predicted octanol–water partition coefficient (Wildman–Crippen LogP) is 6.04. The van der Waals surface area contributed by atoms with Crippen molar-refractivity contribution in [2.45, 2.75) is 53.6 Å². The second-order valence-electron chi connectivity index (χ2n) is 7.44. The van der Waals surface area contributed by atoms with Gasteiger partial charge in [-0.3, -0.25) is 0 Å². The predicted molar refractivity (Wildman–Crippen MR) is 115 cm³/mol. The second-order valence-corrected chi connectivity index (χ2v) is 7.44. The Kier molecular flexibility index (Phi) is 6.90. The first-order valence-corrected chi connectivity index (χ1v) is 9.65. The number of fused-ring (bicyclic) bond motifs is 1. The largest absolute Gasteiger partial charge is 0.493 e. The number of aliphatic carboxylic acids is 1. The minimum absolute atomic E-state index is 0.345. The summed E-state index contributed by atoms with van der Waals surface area (Å²) in [5.74, 6) is 0.690. The van der Waals surface area contributed by atoms with Gasteiger partial charge in [0.05, 0.1) is 6.61 Å². The van der Waals surface area contributed by atoms with Gasteiger partial charge in [-0.25, -0.2) is 4.79 Å². The summed E-state index contributed by atoms with van der Waals surface area (Å²) < 4.78 is 12.1. The molecule has 1 N–H and O–H groups in total. The number of allylic oxidation sites excluding steroid dienone is 6. The van der Waals surface area contributed by atoms with Gasteiger partial charge in [-0.05, 0) is 69.9 Å². The van der Waals surface area contributed by atoms with Gasteiger partial charge in [0.25, 0.3) is 0 Å². The molecule has 0 unspecified atom stereocenters. The molecule has 2 rings (SSSR count). The molecule has 150 valence electrons. The number of carboxylic acid groups (broad SMARTS) is 1. The van der Waals surface area contributed by atoms with Crippen LogP contribution >= 0.6 is 0 Å². The summed E-state index contributed by atoms with van der Waals surface area (Å²) in [5.41, 5.74) is 4.74. The highest BCUT2D eigenvalue weighted by Crippen LogP contribution is 2.42. The van der Waals surface area contributed by atoms with E-state index >= 15 is 0 Å². The highest BCUT2D eigenvalue weighted by molar-refractivity contribution is 5.82. The maximum atomic E-state index is 10.8. The molecule has 0 aromatic heterocycles. The van der Waals surface area contributed by atoms with Crippen molar-refractivity contribution in [1.82, 2.24) is 0 Å². The van der Waals surface area contributed by atoms with Crippen molar-refractivity contribution in [3.05, 3.63) is 59.2 Å². The van der Waals surface area contributed by atoms with Gasteiger partial charge in [0.15, 0.2) is 0 Å². The van der Waals surface area contributed by atoms with Gasteiger partial charge in [0.1, 0.15) is 17.1 Å². The molecular weight excluding hydrogens is 352 g/mol. The van der Waals surface area contributed by atoms with Crippen molar-refractivity contribution in [3.63, 3.8) is 0 Å². The van der Waals surface area contributed by atoms with Crippen molar-refractivity contribution >= 4 is 17.1 Å². The van der Waals surface area contributed by atoms with Crippen molar-refractivity contribution < 1.29 is 19.4 Å². The van der Waals surface area contributed by atoms with E-state index in [1.165, 1.54) is 11.6 Å². The lowest BCUT2D eigenvalue weighted by molar-refractivity contribution is -0.131. The van der Waals surface area contributed by atoms with Crippen LogP contribution in [0.2, 0.25) is 0 Å². The van der Waals surface area contributed by atoms with Crippen molar-refractivity contribution in [1.29, 1.82) is 0 Å². The van der Waals surface area contributed by atoms with Crippen LogP contribution in [0.25, 0.3) is 11.1 Å². The summed E-state index contributed by atoms with van der Waals surface area (Å²) in [6.45, 7) is 12.6. The lowest BCUT2D eigenvalue weighted by atomic mass is 9.91. The maximum Gasteiger partial charge on any atom is 0.328 e. The maximum absolute atomic E-state index is 10.8. The minimum Gasteiger partial charge on any atom is -0.493 e. The van der Waals surface area contributed by atoms with Crippen molar-refractivity contribution in [2.75, 3.05) is 6.61 Å². The van der Waals surface area contributed by atoms with Crippen LogP contribution < -0.4 is 9.47 Å². The highest BCUT2D eigenvalue weighted by Gasteiger charge is 2.26. The third-order valence-corrected chi connectivity index (χ3v) is 4.48. The molecule has 0 radical (unpaired) electrons. The van der Waals surface area contributed by atoms with Crippen LogP contribution in [0.1, 0.15) is 59.1 Å². The van der Waals surface area contributed by atoms with E-state index in [0.29, 0.717) is 12.2 Å². The average Bonchev–Trinajstić information content (AvgIpc) is 2.57. The molecule has 1 aliphatic rings. The molecule has 4 heteroatoms. The van der Waals surface area contributed by atoms with E-state index < -0.39 is 5.97 Å². The average molecular weight is 383 g/mol. The van der Waals surface area contributed by atoms with E-state index in [9.17, 15) is 4.79 Å². The van der Waals surface area contributed by atoms with E-state index in [1.807, 2.05) is 39.0 Å². The fraction of sp³-hybridized carbons (Fsp3) is 0.375. The summed E-state index contributed by atoms with van der Waals surface area (Å²) in [5, 5.41) is 8.83. The Hall–Kier alpha value is -2.75. The van der Waals surface area contributed by atoms with Crippen LogP contribution in [0.15, 0.2) is 48.1 Å². The Balaban J connectivity index is 2.50. The first kappa shape index (κ1) is 21.5. The van der Waals surface area contributed by atoms with Gasteiger partial charge in [-0.1, -0.05) is 25.2 Å². The lowest BCUT2D eigenvalue weighted by Crippen LogP contribution is -2.28. The monoisotopic (exact) mass is 382 g/mol. The van der Waals surface area contributed by atoms with E-state index in [1.54, 1.807) is 13.0 Å². The zero-order chi connectivity index (χ0) is 20.9. The van der Waals surface area contributed by atoms with Gasteiger partial charge in [0, 0.05) is 23.3 Å². The molecule has 0 atom stereocenters. The van der Waals surface area contributed by atoms with Crippen LogP contribution in [0, 0.1) is 0 Å². The van der Waals surface area contributed by atoms with Crippen LogP contribution in [0.3, 0.4) is 0 Å². The van der Waals surface area contributed by atoms with Gasteiger partial charge in [-0.15, -0.1) is 0 Å². The molecule has 0 bridgehead atoms. The Morgan fingerprint density at radius 1 is 1.29 bits per heavy atom. The SMILES string of the molecule is CCOc1cc2c(cc1\C(=C/C=C/C(C)=C/C(=O)O)CC)C(C)=CC(C)(C)O2. The third-order valence-electron chi connectivity index (χ3n) is 4.48. The zero-order valence-corrected chi connectivity index (χ0v) is 17.6. The fourth-order valence-corrected chi connectivity index (χ4v) is 3.35. The first-order valence-electron chi connectivity index (χ1n) is 9.65. The topological polar surface area (TPSA) is 55.8 Å². The molecule has 1 aliphatic heterocycles.